The SMILES string of the molecule is CC(=O)NC1CCCC2=C1Cc1ccc(Br)cc12. The molecule has 3 rings (SSSR count). The van der Waals surface area contributed by atoms with E-state index in [-0.39, 0.29) is 11.9 Å². The van der Waals surface area contributed by atoms with Gasteiger partial charge in [0.25, 0.3) is 0 Å². The fraction of sp³-hybridized carbons (Fsp3) is 0.400. The van der Waals surface area contributed by atoms with Gasteiger partial charge in [-0.15, -0.1) is 0 Å². The second-order valence-corrected chi connectivity index (χ2v) is 6.04. The molecule has 2 aliphatic carbocycles. The number of halogens is 1. The third-order valence-corrected chi connectivity index (χ3v) is 4.38. The monoisotopic (exact) mass is 305 g/mol. The van der Waals surface area contributed by atoms with Gasteiger partial charge in [0.15, 0.2) is 0 Å². The van der Waals surface area contributed by atoms with Gasteiger partial charge < -0.3 is 5.32 Å². The molecule has 0 spiro atoms. The molecule has 1 amide bonds. The molecule has 2 aliphatic rings. The van der Waals surface area contributed by atoms with Gasteiger partial charge in [0.05, 0.1) is 6.04 Å². The number of rotatable bonds is 1. The van der Waals surface area contributed by atoms with Crippen molar-refractivity contribution >= 4 is 27.4 Å². The number of fused-ring (bicyclic) bond motifs is 2. The minimum Gasteiger partial charge on any atom is -0.350 e. The lowest BCUT2D eigenvalue weighted by atomic mass is 9.88. The van der Waals surface area contributed by atoms with Crippen molar-refractivity contribution in [3.05, 3.63) is 39.4 Å². The van der Waals surface area contributed by atoms with Gasteiger partial charge in [-0.25, -0.2) is 0 Å². The quantitative estimate of drug-likeness (QED) is 0.846. The molecule has 0 aliphatic heterocycles. The van der Waals surface area contributed by atoms with Crippen molar-refractivity contribution in [2.45, 2.75) is 38.6 Å². The van der Waals surface area contributed by atoms with E-state index >= 15 is 0 Å². The predicted molar refractivity (Wildman–Crippen MR) is 76.2 cm³/mol. The van der Waals surface area contributed by atoms with Crippen molar-refractivity contribution in [1.29, 1.82) is 0 Å². The summed E-state index contributed by atoms with van der Waals surface area (Å²) in [7, 11) is 0. The van der Waals surface area contributed by atoms with E-state index in [9.17, 15) is 4.79 Å². The molecule has 0 aromatic heterocycles. The lowest BCUT2D eigenvalue weighted by molar-refractivity contribution is -0.119. The minimum atomic E-state index is 0.0749. The second-order valence-electron chi connectivity index (χ2n) is 5.13. The van der Waals surface area contributed by atoms with Gasteiger partial charge in [-0.1, -0.05) is 22.0 Å². The summed E-state index contributed by atoms with van der Waals surface area (Å²) in [6.07, 6.45) is 4.39. The van der Waals surface area contributed by atoms with Crippen LogP contribution >= 0.6 is 15.9 Å². The van der Waals surface area contributed by atoms with E-state index in [0.717, 1.165) is 30.2 Å². The van der Waals surface area contributed by atoms with Crippen LogP contribution in [0.5, 0.6) is 0 Å². The fourth-order valence-electron chi connectivity index (χ4n) is 3.16. The first-order chi connectivity index (χ1) is 8.65. The Bertz CT molecular complexity index is 547. The number of benzene rings is 1. The molecule has 1 aromatic carbocycles. The van der Waals surface area contributed by atoms with Gasteiger partial charge >= 0.3 is 0 Å². The fourth-order valence-corrected chi connectivity index (χ4v) is 3.52. The highest BCUT2D eigenvalue weighted by molar-refractivity contribution is 9.10. The third kappa shape index (κ3) is 2.01. The highest BCUT2D eigenvalue weighted by Crippen LogP contribution is 2.42. The number of amides is 1. The van der Waals surface area contributed by atoms with Crippen LogP contribution in [-0.4, -0.2) is 11.9 Å². The minimum absolute atomic E-state index is 0.0749. The molecule has 0 saturated heterocycles. The van der Waals surface area contributed by atoms with Crippen LogP contribution in [0.2, 0.25) is 0 Å². The van der Waals surface area contributed by atoms with Crippen LogP contribution in [0.1, 0.15) is 37.3 Å². The smallest absolute Gasteiger partial charge is 0.217 e. The Morgan fingerprint density at radius 2 is 2.28 bits per heavy atom. The van der Waals surface area contributed by atoms with Crippen molar-refractivity contribution in [3.8, 4) is 0 Å². The zero-order valence-electron chi connectivity index (χ0n) is 10.4. The Balaban J connectivity index is 1.99. The van der Waals surface area contributed by atoms with E-state index in [0.29, 0.717) is 0 Å². The maximum atomic E-state index is 11.3. The van der Waals surface area contributed by atoms with Gasteiger partial charge in [0, 0.05) is 11.4 Å². The van der Waals surface area contributed by atoms with E-state index in [1.165, 1.54) is 22.3 Å². The summed E-state index contributed by atoms with van der Waals surface area (Å²) in [6.45, 7) is 1.60. The Hall–Kier alpha value is -1.09. The normalized spacial score (nSPS) is 21.6. The maximum Gasteiger partial charge on any atom is 0.217 e. The van der Waals surface area contributed by atoms with Crippen LogP contribution in [0.3, 0.4) is 0 Å². The Kier molecular flexibility index (Phi) is 3.02. The first kappa shape index (κ1) is 12.0. The molecule has 1 atom stereocenters. The molecular formula is C15H16BrNO. The molecule has 0 bridgehead atoms. The van der Waals surface area contributed by atoms with E-state index in [2.05, 4.69) is 39.4 Å². The van der Waals surface area contributed by atoms with Crippen LogP contribution in [0.25, 0.3) is 5.57 Å². The number of hydrogen-bond acceptors (Lipinski definition) is 1. The summed E-state index contributed by atoms with van der Waals surface area (Å²) in [4.78, 5) is 11.3. The standard InChI is InChI=1S/C15H16BrNO/c1-9(18)17-15-4-2-3-12-13-8-11(16)6-5-10(13)7-14(12)15/h5-6,8,15H,2-4,7H2,1H3,(H,17,18). The van der Waals surface area contributed by atoms with Gasteiger partial charge in [-0.2, -0.15) is 0 Å². The van der Waals surface area contributed by atoms with Crippen molar-refractivity contribution in [3.63, 3.8) is 0 Å². The number of allylic oxidation sites excluding steroid dienone is 1. The molecule has 0 radical (unpaired) electrons. The van der Waals surface area contributed by atoms with Crippen LogP contribution in [0.4, 0.5) is 0 Å². The topological polar surface area (TPSA) is 29.1 Å². The number of carbonyl (C=O) groups excluding carboxylic acids is 1. The van der Waals surface area contributed by atoms with Crippen molar-refractivity contribution in [1.82, 2.24) is 5.32 Å². The second kappa shape index (κ2) is 4.54. The Labute approximate surface area is 116 Å². The zero-order valence-corrected chi connectivity index (χ0v) is 12.0. The first-order valence-corrected chi connectivity index (χ1v) is 7.22. The molecule has 3 heteroatoms. The lowest BCUT2D eigenvalue weighted by Crippen LogP contribution is -2.36. The van der Waals surface area contributed by atoms with Gasteiger partial charge in [-0.3, -0.25) is 4.79 Å². The van der Waals surface area contributed by atoms with Crippen LogP contribution in [0, 0.1) is 0 Å². The summed E-state index contributed by atoms with van der Waals surface area (Å²) >= 11 is 3.54. The van der Waals surface area contributed by atoms with Gasteiger partial charge in [0.2, 0.25) is 5.91 Å². The zero-order chi connectivity index (χ0) is 12.7. The molecule has 0 saturated carbocycles. The summed E-state index contributed by atoms with van der Waals surface area (Å²) in [5.74, 6) is 0.0749. The van der Waals surface area contributed by atoms with E-state index in [4.69, 9.17) is 0 Å². The molecule has 18 heavy (non-hydrogen) atoms. The molecule has 1 unspecified atom stereocenters. The molecule has 94 valence electrons. The number of carbonyl (C=O) groups is 1. The molecule has 2 nitrogen and oxygen atoms in total. The molecule has 1 N–H and O–H groups in total. The highest BCUT2D eigenvalue weighted by Gasteiger charge is 2.30. The maximum absolute atomic E-state index is 11.3. The largest absolute Gasteiger partial charge is 0.350 e. The lowest BCUT2D eigenvalue weighted by Gasteiger charge is -2.25. The van der Waals surface area contributed by atoms with Crippen LogP contribution < -0.4 is 5.32 Å². The summed E-state index contributed by atoms with van der Waals surface area (Å²) in [5, 5.41) is 3.09. The van der Waals surface area contributed by atoms with Gasteiger partial charge in [0.1, 0.15) is 0 Å². The van der Waals surface area contributed by atoms with Crippen LogP contribution in [-0.2, 0) is 11.2 Å². The summed E-state index contributed by atoms with van der Waals surface area (Å²) < 4.78 is 1.14. The molecule has 0 heterocycles. The summed E-state index contributed by atoms with van der Waals surface area (Å²) in [5.41, 5.74) is 5.69. The first-order valence-electron chi connectivity index (χ1n) is 6.43. The Morgan fingerprint density at radius 3 is 3.06 bits per heavy atom. The average Bonchev–Trinajstić information content (AvgIpc) is 2.68. The molecule has 0 fully saturated rings. The van der Waals surface area contributed by atoms with E-state index < -0.39 is 0 Å². The van der Waals surface area contributed by atoms with E-state index in [1.807, 2.05) is 0 Å². The predicted octanol–water partition coefficient (Wildman–Crippen LogP) is 3.45. The molecule has 1 aromatic rings. The number of hydrogen-bond donors (Lipinski definition) is 1. The van der Waals surface area contributed by atoms with Gasteiger partial charge in [-0.05, 0) is 60.1 Å². The van der Waals surface area contributed by atoms with E-state index in [1.54, 1.807) is 6.92 Å². The highest BCUT2D eigenvalue weighted by atomic mass is 79.9. The van der Waals surface area contributed by atoms with Crippen molar-refractivity contribution < 1.29 is 4.79 Å². The number of nitrogens with one attached hydrogen (secondary N) is 1. The summed E-state index contributed by atoms with van der Waals surface area (Å²) in [6, 6.07) is 6.76. The average molecular weight is 306 g/mol. The third-order valence-electron chi connectivity index (χ3n) is 3.88. The van der Waals surface area contributed by atoms with Crippen molar-refractivity contribution in [2.75, 3.05) is 0 Å². The Morgan fingerprint density at radius 1 is 1.44 bits per heavy atom. The van der Waals surface area contributed by atoms with Crippen molar-refractivity contribution in [2.24, 2.45) is 0 Å². The van der Waals surface area contributed by atoms with Crippen LogP contribution in [0.15, 0.2) is 28.2 Å². The molecular weight excluding hydrogens is 290 g/mol.